The van der Waals surface area contributed by atoms with E-state index in [0.717, 1.165) is 18.7 Å². The third-order valence-electron chi connectivity index (χ3n) is 3.98. The summed E-state index contributed by atoms with van der Waals surface area (Å²) in [5.41, 5.74) is 11.1. The molecule has 1 heterocycles. The number of fused-ring (bicyclic) bond motifs is 1. The summed E-state index contributed by atoms with van der Waals surface area (Å²) >= 11 is 0. The van der Waals surface area contributed by atoms with Crippen molar-refractivity contribution in [1.29, 1.82) is 0 Å². The molecule has 104 valence electrons. The average molecular weight is 267 g/mol. The zero-order valence-corrected chi connectivity index (χ0v) is 11.8. The SMILES string of the molecule is CN1CCc2cc(C(CN)Nc3ccccc3)ccc21. The highest BCUT2D eigenvalue weighted by Crippen LogP contribution is 2.30. The molecule has 0 aliphatic carbocycles. The van der Waals surface area contributed by atoms with Crippen LogP contribution in [0.5, 0.6) is 0 Å². The van der Waals surface area contributed by atoms with Crippen LogP contribution in [0.1, 0.15) is 17.2 Å². The van der Waals surface area contributed by atoms with Gasteiger partial charge in [-0.15, -0.1) is 0 Å². The number of hydrogen-bond acceptors (Lipinski definition) is 3. The van der Waals surface area contributed by atoms with E-state index in [4.69, 9.17) is 5.73 Å². The lowest BCUT2D eigenvalue weighted by Gasteiger charge is -2.20. The van der Waals surface area contributed by atoms with Gasteiger partial charge in [0, 0.05) is 31.5 Å². The molecule has 0 saturated carbocycles. The molecule has 1 atom stereocenters. The molecular weight excluding hydrogens is 246 g/mol. The maximum absolute atomic E-state index is 5.95. The van der Waals surface area contributed by atoms with Crippen LogP contribution < -0.4 is 16.0 Å². The van der Waals surface area contributed by atoms with Crippen molar-refractivity contribution in [2.45, 2.75) is 12.5 Å². The zero-order chi connectivity index (χ0) is 13.9. The lowest BCUT2D eigenvalue weighted by Crippen LogP contribution is -2.20. The Balaban J connectivity index is 1.83. The summed E-state index contributed by atoms with van der Waals surface area (Å²) in [5, 5.41) is 3.51. The minimum Gasteiger partial charge on any atom is -0.377 e. The number of likely N-dealkylation sites (N-methyl/N-ethyl adjacent to an activating group) is 1. The van der Waals surface area contributed by atoms with E-state index in [1.165, 1.54) is 16.8 Å². The molecule has 0 bridgehead atoms. The lowest BCUT2D eigenvalue weighted by atomic mass is 10.0. The quantitative estimate of drug-likeness (QED) is 0.895. The fourth-order valence-corrected chi connectivity index (χ4v) is 2.82. The third kappa shape index (κ3) is 2.49. The van der Waals surface area contributed by atoms with Gasteiger partial charge in [-0.05, 0) is 35.7 Å². The normalized spacial score (nSPS) is 15.0. The monoisotopic (exact) mass is 267 g/mol. The van der Waals surface area contributed by atoms with E-state index >= 15 is 0 Å². The standard InChI is InChI=1S/C17H21N3/c1-20-10-9-14-11-13(7-8-17(14)20)16(12-18)19-15-5-3-2-4-6-15/h2-8,11,16,19H,9-10,12,18H2,1H3. The van der Waals surface area contributed by atoms with E-state index < -0.39 is 0 Å². The van der Waals surface area contributed by atoms with Crippen molar-refractivity contribution in [2.24, 2.45) is 5.73 Å². The molecule has 3 nitrogen and oxygen atoms in total. The van der Waals surface area contributed by atoms with Crippen LogP contribution in [0.25, 0.3) is 0 Å². The fraction of sp³-hybridized carbons (Fsp3) is 0.294. The van der Waals surface area contributed by atoms with Gasteiger partial charge >= 0.3 is 0 Å². The molecule has 1 unspecified atom stereocenters. The second-order valence-electron chi connectivity index (χ2n) is 5.36. The first-order valence-electron chi connectivity index (χ1n) is 7.13. The minimum atomic E-state index is 0.161. The molecule has 0 radical (unpaired) electrons. The second kappa shape index (κ2) is 5.55. The molecule has 3 N–H and O–H groups in total. The van der Waals surface area contributed by atoms with Gasteiger partial charge in [-0.3, -0.25) is 0 Å². The van der Waals surface area contributed by atoms with Gasteiger partial charge in [0.2, 0.25) is 0 Å². The summed E-state index contributed by atoms with van der Waals surface area (Å²) in [6.45, 7) is 1.70. The highest BCUT2D eigenvalue weighted by atomic mass is 15.1. The zero-order valence-electron chi connectivity index (χ0n) is 11.8. The number of anilines is 2. The van der Waals surface area contributed by atoms with Gasteiger partial charge < -0.3 is 16.0 Å². The Bertz CT molecular complexity index is 580. The Hall–Kier alpha value is -2.00. The molecule has 3 rings (SSSR count). The van der Waals surface area contributed by atoms with Crippen molar-refractivity contribution in [1.82, 2.24) is 0 Å². The molecule has 0 aromatic heterocycles. The molecule has 0 saturated heterocycles. The summed E-state index contributed by atoms with van der Waals surface area (Å²) in [6.07, 6.45) is 1.13. The lowest BCUT2D eigenvalue weighted by molar-refractivity contribution is 0.789. The van der Waals surface area contributed by atoms with Gasteiger partial charge in [0.25, 0.3) is 0 Å². The summed E-state index contributed by atoms with van der Waals surface area (Å²) in [6, 6.07) is 17.1. The highest BCUT2D eigenvalue weighted by Gasteiger charge is 2.18. The maximum Gasteiger partial charge on any atom is 0.0636 e. The van der Waals surface area contributed by atoms with E-state index in [1.54, 1.807) is 0 Å². The summed E-state index contributed by atoms with van der Waals surface area (Å²) in [5.74, 6) is 0. The largest absolute Gasteiger partial charge is 0.377 e. The van der Waals surface area contributed by atoms with Crippen molar-refractivity contribution in [3.05, 3.63) is 59.7 Å². The molecule has 0 fully saturated rings. The van der Waals surface area contributed by atoms with Gasteiger partial charge in [0.05, 0.1) is 6.04 Å². The van der Waals surface area contributed by atoms with Crippen LogP contribution in [0.4, 0.5) is 11.4 Å². The Morgan fingerprint density at radius 1 is 1.20 bits per heavy atom. The van der Waals surface area contributed by atoms with E-state index in [1.807, 2.05) is 18.2 Å². The summed E-state index contributed by atoms with van der Waals surface area (Å²) < 4.78 is 0. The van der Waals surface area contributed by atoms with Crippen LogP contribution in [0.15, 0.2) is 48.5 Å². The second-order valence-corrected chi connectivity index (χ2v) is 5.36. The maximum atomic E-state index is 5.95. The highest BCUT2D eigenvalue weighted by molar-refractivity contribution is 5.59. The van der Waals surface area contributed by atoms with Gasteiger partial charge in [-0.2, -0.15) is 0 Å². The molecule has 2 aromatic rings. The molecule has 1 aliphatic heterocycles. The Kier molecular flexibility index (Phi) is 3.61. The van der Waals surface area contributed by atoms with E-state index in [2.05, 4.69) is 47.6 Å². The van der Waals surface area contributed by atoms with Crippen LogP contribution >= 0.6 is 0 Å². The van der Waals surface area contributed by atoms with Crippen LogP contribution in [-0.4, -0.2) is 20.1 Å². The Morgan fingerprint density at radius 3 is 2.75 bits per heavy atom. The predicted molar refractivity (Wildman–Crippen MR) is 85.3 cm³/mol. The van der Waals surface area contributed by atoms with Gasteiger partial charge in [-0.25, -0.2) is 0 Å². The molecular formula is C17H21N3. The third-order valence-corrected chi connectivity index (χ3v) is 3.98. The van der Waals surface area contributed by atoms with E-state index in [9.17, 15) is 0 Å². The number of para-hydroxylation sites is 1. The van der Waals surface area contributed by atoms with Crippen molar-refractivity contribution in [3.63, 3.8) is 0 Å². The predicted octanol–water partition coefficient (Wildman–Crippen LogP) is 2.79. The fourth-order valence-electron chi connectivity index (χ4n) is 2.82. The first-order valence-corrected chi connectivity index (χ1v) is 7.13. The minimum absolute atomic E-state index is 0.161. The smallest absolute Gasteiger partial charge is 0.0636 e. The first kappa shape index (κ1) is 13.0. The number of rotatable bonds is 4. The summed E-state index contributed by atoms with van der Waals surface area (Å²) in [7, 11) is 2.15. The van der Waals surface area contributed by atoms with Crippen LogP contribution in [-0.2, 0) is 6.42 Å². The topological polar surface area (TPSA) is 41.3 Å². The van der Waals surface area contributed by atoms with Crippen molar-refractivity contribution in [3.8, 4) is 0 Å². The Morgan fingerprint density at radius 2 is 2.00 bits per heavy atom. The van der Waals surface area contributed by atoms with Crippen LogP contribution in [0, 0.1) is 0 Å². The van der Waals surface area contributed by atoms with Crippen LogP contribution in [0.2, 0.25) is 0 Å². The van der Waals surface area contributed by atoms with E-state index in [-0.39, 0.29) is 6.04 Å². The van der Waals surface area contributed by atoms with Gasteiger partial charge in [0.1, 0.15) is 0 Å². The molecule has 1 aliphatic rings. The van der Waals surface area contributed by atoms with Gasteiger partial charge in [-0.1, -0.05) is 30.3 Å². The van der Waals surface area contributed by atoms with Gasteiger partial charge in [0.15, 0.2) is 0 Å². The number of nitrogens with one attached hydrogen (secondary N) is 1. The number of nitrogens with zero attached hydrogens (tertiary/aromatic N) is 1. The number of nitrogens with two attached hydrogens (primary N) is 1. The molecule has 20 heavy (non-hydrogen) atoms. The first-order chi connectivity index (χ1) is 9.78. The molecule has 0 spiro atoms. The van der Waals surface area contributed by atoms with Crippen LogP contribution in [0.3, 0.4) is 0 Å². The van der Waals surface area contributed by atoms with Crippen molar-refractivity contribution < 1.29 is 0 Å². The molecule has 3 heteroatoms. The summed E-state index contributed by atoms with van der Waals surface area (Å²) in [4.78, 5) is 2.31. The van der Waals surface area contributed by atoms with Crippen molar-refractivity contribution in [2.75, 3.05) is 30.4 Å². The van der Waals surface area contributed by atoms with Crippen molar-refractivity contribution >= 4 is 11.4 Å². The molecule has 2 aromatic carbocycles. The van der Waals surface area contributed by atoms with E-state index in [0.29, 0.717) is 6.54 Å². The Labute approximate surface area is 120 Å². The molecule has 0 amide bonds. The number of hydrogen-bond donors (Lipinski definition) is 2. The average Bonchev–Trinajstić information content (AvgIpc) is 2.87. The number of benzene rings is 2.